The maximum Gasteiger partial charge on any atom is 0.119 e. The summed E-state index contributed by atoms with van der Waals surface area (Å²) in [4.78, 5) is 0. The quantitative estimate of drug-likeness (QED) is 0.391. The second-order valence-corrected chi connectivity index (χ2v) is 3.82. The third-order valence-corrected chi connectivity index (χ3v) is 0.353. The van der Waals surface area contributed by atoms with Gasteiger partial charge in [-0.1, -0.05) is 19.0 Å². The second-order valence-electron chi connectivity index (χ2n) is 2.41. The van der Waals surface area contributed by atoms with E-state index in [1.807, 2.05) is 0 Å². The van der Waals surface area contributed by atoms with Gasteiger partial charge in [-0.3, -0.25) is 0 Å². The van der Waals surface area contributed by atoms with Gasteiger partial charge in [0.2, 0.25) is 0 Å². The van der Waals surface area contributed by atoms with E-state index in [1.165, 1.54) is 0 Å². The molecule has 0 fully saturated rings. The van der Waals surface area contributed by atoms with Gasteiger partial charge < -0.3 is 5.11 Å². The van der Waals surface area contributed by atoms with Crippen LogP contribution in [0.1, 0.15) is 13.8 Å². The lowest BCUT2D eigenvalue weighted by molar-refractivity contribution is 0.144. The normalized spacial score (nSPS) is 8.89. The summed E-state index contributed by atoms with van der Waals surface area (Å²) in [5.74, 6) is 2.16. The summed E-state index contributed by atoms with van der Waals surface area (Å²) in [6.45, 7) is 7.65. The molecule has 0 spiro atoms. The molecule has 0 aromatic heterocycles. The van der Waals surface area contributed by atoms with Crippen molar-refractivity contribution in [1.82, 2.24) is 0 Å². The van der Waals surface area contributed by atoms with E-state index in [0.717, 1.165) is 0 Å². The molecule has 54 valence electrons. The topological polar surface area (TPSA) is 20.2 Å². The van der Waals surface area contributed by atoms with Crippen molar-refractivity contribution in [3.05, 3.63) is 0 Å². The number of terminal acetylenes is 1. The fourth-order valence-electron chi connectivity index (χ4n) is 0. The predicted molar refractivity (Wildman–Crippen MR) is 45.4 cm³/mol. The first-order chi connectivity index (χ1) is 3.97. The smallest absolute Gasteiger partial charge is 0.119 e. The lowest BCUT2D eigenvalue weighted by Crippen LogP contribution is -2.13. The van der Waals surface area contributed by atoms with Gasteiger partial charge in [-0.05, 0) is 13.8 Å². The van der Waals surface area contributed by atoms with Crippen LogP contribution in [0.4, 0.5) is 0 Å². The predicted octanol–water partition coefficient (Wildman–Crippen LogP) is 0.642. The molecular formula is C7H16OSi. The molecule has 0 aromatic rings. The highest BCUT2D eigenvalue weighted by atomic mass is 28.2. The van der Waals surface area contributed by atoms with E-state index in [2.05, 4.69) is 19.0 Å². The summed E-state index contributed by atoms with van der Waals surface area (Å²) in [6, 6.07) is 0. The number of hydrogen-bond acceptors (Lipinski definition) is 1. The molecular weight excluding hydrogens is 128 g/mol. The highest BCUT2D eigenvalue weighted by molar-refractivity contribution is 6.31. The Balaban J connectivity index is 0. The zero-order chi connectivity index (χ0) is 7.91. The molecule has 2 heteroatoms. The van der Waals surface area contributed by atoms with Crippen molar-refractivity contribution in [1.29, 1.82) is 0 Å². The molecule has 0 saturated carbocycles. The summed E-state index contributed by atoms with van der Waals surface area (Å²) >= 11 is 0. The molecule has 0 amide bonds. The van der Waals surface area contributed by atoms with Crippen LogP contribution in [0.3, 0.4) is 0 Å². The van der Waals surface area contributed by atoms with Gasteiger partial charge in [-0.2, -0.15) is 0 Å². The highest BCUT2D eigenvalue weighted by Gasteiger charge is 2.03. The van der Waals surface area contributed by atoms with Crippen molar-refractivity contribution >= 4 is 9.52 Å². The molecule has 0 aromatic carbocycles. The van der Waals surface area contributed by atoms with Gasteiger partial charge in [0.15, 0.2) is 0 Å². The number of hydrogen-bond donors (Lipinski definition) is 1. The van der Waals surface area contributed by atoms with Crippen LogP contribution in [0.15, 0.2) is 0 Å². The van der Waals surface area contributed by atoms with Crippen molar-refractivity contribution in [3.8, 4) is 12.3 Å². The van der Waals surface area contributed by atoms with Crippen LogP contribution in [0.2, 0.25) is 13.1 Å². The van der Waals surface area contributed by atoms with Gasteiger partial charge in [0.1, 0.15) is 5.60 Å². The van der Waals surface area contributed by atoms with Crippen molar-refractivity contribution in [2.45, 2.75) is 32.5 Å². The Morgan fingerprint density at radius 2 is 1.56 bits per heavy atom. The van der Waals surface area contributed by atoms with E-state index in [0.29, 0.717) is 9.52 Å². The monoisotopic (exact) mass is 144 g/mol. The Morgan fingerprint density at radius 3 is 1.56 bits per heavy atom. The first kappa shape index (κ1) is 11.5. The summed E-state index contributed by atoms with van der Waals surface area (Å²) in [5.41, 5.74) is -0.931. The van der Waals surface area contributed by atoms with Gasteiger partial charge in [-0.15, -0.1) is 6.42 Å². The molecule has 0 aliphatic carbocycles. The Kier molecular flexibility index (Phi) is 7.51. The van der Waals surface area contributed by atoms with Crippen LogP contribution < -0.4 is 0 Å². The minimum Gasteiger partial charge on any atom is -0.378 e. The Bertz CT molecular complexity index is 86.1. The summed E-state index contributed by atoms with van der Waals surface area (Å²) in [5, 5.41) is 8.59. The first-order valence-corrected chi connectivity index (χ1v) is 6.00. The van der Waals surface area contributed by atoms with E-state index in [-0.39, 0.29) is 0 Å². The zero-order valence-electron chi connectivity index (χ0n) is 6.73. The average molecular weight is 144 g/mol. The van der Waals surface area contributed by atoms with Crippen LogP contribution in [0.25, 0.3) is 0 Å². The third kappa shape index (κ3) is 34.0. The summed E-state index contributed by atoms with van der Waals surface area (Å²) < 4.78 is 0. The molecule has 0 bridgehead atoms. The fourth-order valence-corrected chi connectivity index (χ4v) is 0. The van der Waals surface area contributed by atoms with Gasteiger partial charge in [-0.25, -0.2) is 0 Å². The molecule has 0 rings (SSSR count). The van der Waals surface area contributed by atoms with Crippen LogP contribution in [-0.4, -0.2) is 20.2 Å². The standard InChI is InChI=1S/C5H8O.C2H8Si/c1-4-5(2,3)6;1-3-2/h1,6H,2-3H3;3H2,1-2H3. The minimum atomic E-state index is -0.931. The molecule has 1 N–H and O–H groups in total. The van der Waals surface area contributed by atoms with Gasteiger partial charge in [0.05, 0.1) is 0 Å². The van der Waals surface area contributed by atoms with Crippen LogP contribution in [0, 0.1) is 12.3 Å². The third-order valence-electron chi connectivity index (χ3n) is 0.353. The molecule has 0 aliphatic rings. The largest absolute Gasteiger partial charge is 0.378 e. The molecule has 0 unspecified atom stereocenters. The van der Waals surface area contributed by atoms with Crippen molar-refractivity contribution in [3.63, 3.8) is 0 Å². The lowest BCUT2D eigenvalue weighted by Gasteiger charge is -2.04. The van der Waals surface area contributed by atoms with Crippen molar-refractivity contribution < 1.29 is 5.11 Å². The first-order valence-electron chi connectivity index (χ1n) is 3.18. The van der Waals surface area contributed by atoms with Crippen LogP contribution >= 0.6 is 0 Å². The average Bonchev–Trinajstić information content (AvgIpc) is 1.67. The van der Waals surface area contributed by atoms with Crippen molar-refractivity contribution in [2.75, 3.05) is 0 Å². The van der Waals surface area contributed by atoms with E-state index < -0.39 is 5.60 Å². The molecule has 1 nitrogen and oxygen atoms in total. The van der Waals surface area contributed by atoms with E-state index in [9.17, 15) is 0 Å². The molecule has 0 radical (unpaired) electrons. The van der Waals surface area contributed by atoms with Crippen LogP contribution in [-0.2, 0) is 0 Å². The van der Waals surface area contributed by atoms with Gasteiger partial charge >= 0.3 is 0 Å². The van der Waals surface area contributed by atoms with E-state index in [1.54, 1.807) is 13.8 Å². The zero-order valence-corrected chi connectivity index (χ0v) is 8.15. The van der Waals surface area contributed by atoms with Gasteiger partial charge in [0, 0.05) is 9.52 Å². The van der Waals surface area contributed by atoms with Crippen molar-refractivity contribution in [2.24, 2.45) is 0 Å². The number of rotatable bonds is 0. The Labute approximate surface area is 60.3 Å². The van der Waals surface area contributed by atoms with Gasteiger partial charge in [0.25, 0.3) is 0 Å². The van der Waals surface area contributed by atoms with Crippen LogP contribution in [0.5, 0.6) is 0 Å². The SMILES string of the molecule is C#CC(C)(C)O.C[SiH2]C. The van der Waals surface area contributed by atoms with E-state index in [4.69, 9.17) is 11.5 Å². The summed E-state index contributed by atoms with van der Waals surface area (Å²) in [6.07, 6.45) is 4.81. The summed E-state index contributed by atoms with van der Waals surface area (Å²) in [7, 11) is 0.417. The Hall–Kier alpha value is -0.263. The molecule has 9 heavy (non-hydrogen) atoms. The lowest BCUT2D eigenvalue weighted by atomic mass is 10.2. The molecule has 0 heterocycles. The highest BCUT2D eigenvalue weighted by Crippen LogP contribution is 1.93. The fraction of sp³-hybridized carbons (Fsp3) is 0.714. The molecule has 0 atom stereocenters. The number of aliphatic hydroxyl groups is 1. The molecule has 0 aliphatic heterocycles. The van der Waals surface area contributed by atoms with E-state index >= 15 is 0 Å². The minimum absolute atomic E-state index is 0.417. The Morgan fingerprint density at radius 1 is 1.44 bits per heavy atom. The maximum atomic E-state index is 8.59. The second kappa shape index (κ2) is 5.87. The maximum absolute atomic E-state index is 8.59. The molecule has 0 saturated heterocycles.